The number of fused-ring (bicyclic) bond motifs is 1. The lowest BCUT2D eigenvalue weighted by molar-refractivity contribution is -0.133. The number of H-pyrrole nitrogens is 1. The number of benzene rings is 2. The van der Waals surface area contributed by atoms with Crippen molar-refractivity contribution in [1.82, 2.24) is 9.88 Å². The minimum atomic E-state index is 0. The van der Waals surface area contributed by atoms with E-state index in [0.29, 0.717) is 31.9 Å². The number of carbonyl (C=O) groups is 1. The summed E-state index contributed by atoms with van der Waals surface area (Å²) >= 11 is 0. The molecule has 1 aromatic heterocycles. The maximum Gasteiger partial charge on any atom is 0.260 e. The molecular weight excluding hydrogens is 414 g/mol. The van der Waals surface area contributed by atoms with E-state index in [1.54, 1.807) is 0 Å². The van der Waals surface area contributed by atoms with Crippen molar-refractivity contribution in [1.29, 1.82) is 0 Å². The molecule has 1 saturated heterocycles. The molecule has 31 heavy (non-hydrogen) atoms. The van der Waals surface area contributed by atoms with Crippen LogP contribution in [0, 0.1) is 0 Å². The van der Waals surface area contributed by atoms with E-state index in [1.807, 2.05) is 29.3 Å². The molecule has 0 unspecified atom stereocenters. The van der Waals surface area contributed by atoms with E-state index < -0.39 is 0 Å². The van der Waals surface area contributed by atoms with Crippen LogP contribution in [0.5, 0.6) is 5.75 Å². The van der Waals surface area contributed by atoms with E-state index >= 15 is 0 Å². The van der Waals surface area contributed by atoms with Gasteiger partial charge in [0.15, 0.2) is 6.61 Å². The van der Waals surface area contributed by atoms with Gasteiger partial charge in [0.25, 0.3) is 5.91 Å². The van der Waals surface area contributed by atoms with Gasteiger partial charge in [-0.2, -0.15) is 0 Å². The number of nitrogens with two attached hydrogens (primary N) is 2. The summed E-state index contributed by atoms with van der Waals surface area (Å²) in [6.07, 6.45) is 2.79. The SMILES string of the molecule is Cl.NCCc1c[nH]c2ccc(OCC(=O)N3CCN(c4ccc(CN)cc4)CC3)cc12. The van der Waals surface area contributed by atoms with Gasteiger partial charge >= 0.3 is 0 Å². The van der Waals surface area contributed by atoms with Crippen LogP contribution in [0.15, 0.2) is 48.7 Å². The molecule has 166 valence electrons. The van der Waals surface area contributed by atoms with E-state index in [1.165, 1.54) is 11.3 Å². The van der Waals surface area contributed by atoms with E-state index in [2.05, 4.69) is 34.1 Å². The molecule has 0 aliphatic carbocycles. The zero-order valence-electron chi connectivity index (χ0n) is 17.5. The van der Waals surface area contributed by atoms with Crippen molar-refractivity contribution in [2.45, 2.75) is 13.0 Å². The molecule has 7 nitrogen and oxygen atoms in total. The van der Waals surface area contributed by atoms with Crippen LogP contribution in [0.1, 0.15) is 11.1 Å². The normalized spacial score (nSPS) is 13.9. The first kappa shape index (κ1) is 22.9. The molecule has 1 aliphatic heterocycles. The van der Waals surface area contributed by atoms with Crippen molar-refractivity contribution >= 4 is 34.9 Å². The van der Waals surface area contributed by atoms with Crippen molar-refractivity contribution < 1.29 is 9.53 Å². The molecule has 2 aromatic carbocycles. The van der Waals surface area contributed by atoms with Crippen LogP contribution in [-0.2, 0) is 17.8 Å². The van der Waals surface area contributed by atoms with Crippen molar-refractivity contribution in [2.75, 3.05) is 44.2 Å². The van der Waals surface area contributed by atoms with Crippen molar-refractivity contribution in [3.05, 3.63) is 59.8 Å². The number of nitrogens with one attached hydrogen (secondary N) is 1. The number of ether oxygens (including phenoxy) is 1. The maximum atomic E-state index is 12.6. The molecule has 1 aliphatic rings. The number of nitrogens with zero attached hydrogens (tertiary/aromatic N) is 2. The molecule has 0 saturated carbocycles. The molecule has 8 heteroatoms. The summed E-state index contributed by atoms with van der Waals surface area (Å²) in [5, 5.41) is 1.10. The Hall–Kier alpha value is -2.74. The quantitative estimate of drug-likeness (QED) is 0.520. The second kappa shape index (κ2) is 10.5. The predicted molar refractivity (Wildman–Crippen MR) is 127 cm³/mol. The average molecular weight is 444 g/mol. The van der Waals surface area contributed by atoms with E-state index in [4.69, 9.17) is 16.2 Å². The molecule has 0 bridgehead atoms. The van der Waals surface area contributed by atoms with Gasteiger partial charge in [-0.3, -0.25) is 4.79 Å². The topological polar surface area (TPSA) is 101 Å². The highest BCUT2D eigenvalue weighted by molar-refractivity contribution is 5.85. The van der Waals surface area contributed by atoms with E-state index in [0.717, 1.165) is 36.0 Å². The third-order valence-electron chi connectivity index (χ3n) is 5.68. The molecule has 3 aromatic rings. The number of rotatable bonds is 7. The first-order valence-electron chi connectivity index (χ1n) is 10.4. The fourth-order valence-electron chi connectivity index (χ4n) is 3.90. The summed E-state index contributed by atoms with van der Waals surface area (Å²) in [4.78, 5) is 20.0. The lowest BCUT2D eigenvalue weighted by Gasteiger charge is -2.36. The number of aromatic nitrogens is 1. The molecule has 0 radical (unpaired) electrons. The Kier molecular flexibility index (Phi) is 7.79. The molecule has 1 amide bonds. The van der Waals surface area contributed by atoms with Crippen LogP contribution < -0.4 is 21.1 Å². The monoisotopic (exact) mass is 443 g/mol. The molecule has 1 fully saturated rings. The first-order valence-corrected chi connectivity index (χ1v) is 10.4. The molecule has 0 spiro atoms. The number of carbonyl (C=O) groups excluding carboxylic acids is 1. The van der Waals surface area contributed by atoms with Gasteiger partial charge in [-0.1, -0.05) is 12.1 Å². The number of hydrogen-bond acceptors (Lipinski definition) is 5. The minimum Gasteiger partial charge on any atom is -0.484 e. The van der Waals surface area contributed by atoms with Crippen LogP contribution in [0.3, 0.4) is 0 Å². The summed E-state index contributed by atoms with van der Waals surface area (Å²) in [6, 6.07) is 14.2. The van der Waals surface area contributed by atoms with Crippen molar-refractivity contribution in [3.63, 3.8) is 0 Å². The van der Waals surface area contributed by atoms with Gasteiger partial charge in [0.2, 0.25) is 0 Å². The Labute approximate surface area is 188 Å². The lowest BCUT2D eigenvalue weighted by atomic mass is 10.1. The number of hydrogen-bond donors (Lipinski definition) is 3. The second-order valence-corrected chi connectivity index (χ2v) is 7.59. The highest BCUT2D eigenvalue weighted by Crippen LogP contribution is 2.24. The fourth-order valence-corrected chi connectivity index (χ4v) is 3.90. The Morgan fingerprint density at radius 2 is 1.77 bits per heavy atom. The summed E-state index contributed by atoms with van der Waals surface area (Å²) < 4.78 is 5.81. The predicted octanol–water partition coefficient (Wildman–Crippen LogP) is 2.28. The third kappa shape index (κ3) is 5.31. The maximum absolute atomic E-state index is 12.6. The Morgan fingerprint density at radius 1 is 1.03 bits per heavy atom. The lowest BCUT2D eigenvalue weighted by Crippen LogP contribution is -2.50. The van der Waals surface area contributed by atoms with Gasteiger partial charge in [0.1, 0.15) is 5.75 Å². The largest absolute Gasteiger partial charge is 0.484 e. The summed E-state index contributed by atoms with van der Waals surface area (Å²) in [7, 11) is 0. The number of anilines is 1. The van der Waals surface area contributed by atoms with Gasteiger partial charge < -0.3 is 31.0 Å². The van der Waals surface area contributed by atoms with Gasteiger partial charge in [-0.25, -0.2) is 0 Å². The van der Waals surface area contributed by atoms with Gasteiger partial charge in [0.05, 0.1) is 0 Å². The smallest absolute Gasteiger partial charge is 0.260 e. The average Bonchev–Trinajstić information content (AvgIpc) is 3.20. The van der Waals surface area contributed by atoms with E-state index in [-0.39, 0.29) is 24.9 Å². The summed E-state index contributed by atoms with van der Waals surface area (Å²) in [5.41, 5.74) is 15.9. The molecule has 5 N–H and O–H groups in total. The Bertz CT molecular complexity index is 997. The zero-order chi connectivity index (χ0) is 20.9. The fraction of sp³-hybridized carbons (Fsp3) is 0.348. The zero-order valence-corrected chi connectivity index (χ0v) is 18.4. The third-order valence-corrected chi connectivity index (χ3v) is 5.68. The van der Waals surface area contributed by atoms with E-state index in [9.17, 15) is 4.79 Å². The van der Waals surface area contributed by atoms with Crippen molar-refractivity contribution in [2.24, 2.45) is 11.5 Å². The second-order valence-electron chi connectivity index (χ2n) is 7.59. The van der Waals surface area contributed by atoms with Crippen LogP contribution in [-0.4, -0.2) is 55.1 Å². The number of amides is 1. The standard InChI is InChI=1S/C23H29N5O2.ClH/c24-8-7-18-15-26-22-6-5-20(13-21(18)22)30-16-23(29)28-11-9-27(10-12-28)19-3-1-17(14-25)2-4-19;/h1-6,13,15,26H,7-12,14,16,24-25H2;1H. The van der Waals surface area contributed by atoms with Gasteiger partial charge in [-0.05, 0) is 54.4 Å². The number of piperazine rings is 1. The van der Waals surface area contributed by atoms with Crippen molar-refractivity contribution in [3.8, 4) is 5.75 Å². The van der Waals surface area contributed by atoms with Gasteiger partial charge in [0, 0.05) is 55.5 Å². The van der Waals surface area contributed by atoms with Crippen LogP contribution >= 0.6 is 12.4 Å². The van der Waals surface area contributed by atoms with Crippen LogP contribution in [0.25, 0.3) is 10.9 Å². The minimum absolute atomic E-state index is 0. The highest BCUT2D eigenvalue weighted by atomic mass is 35.5. The Balaban J connectivity index is 0.00000272. The number of aromatic amines is 1. The summed E-state index contributed by atoms with van der Waals surface area (Å²) in [5.74, 6) is 0.719. The molecular formula is C23H30ClN5O2. The Morgan fingerprint density at radius 3 is 2.45 bits per heavy atom. The summed E-state index contributed by atoms with van der Waals surface area (Å²) in [6.45, 7) is 4.20. The highest BCUT2D eigenvalue weighted by Gasteiger charge is 2.21. The first-order chi connectivity index (χ1) is 14.7. The molecule has 0 atom stereocenters. The van der Waals surface area contributed by atoms with Crippen LogP contribution in [0.2, 0.25) is 0 Å². The molecule has 2 heterocycles. The van der Waals surface area contributed by atoms with Gasteiger partial charge in [-0.15, -0.1) is 12.4 Å². The molecule has 4 rings (SSSR count). The number of halogens is 1. The van der Waals surface area contributed by atoms with Crippen LogP contribution in [0.4, 0.5) is 5.69 Å².